The highest BCUT2D eigenvalue weighted by atomic mass is 15.4. The van der Waals surface area contributed by atoms with E-state index in [9.17, 15) is 0 Å². The van der Waals surface area contributed by atoms with Crippen molar-refractivity contribution in [2.45, 2.75) is 32.2 Å². The lowest BCUT2D eigenvalue weighted by Gasteiger charge is -2.19. The number of nitrogens with one attached hydrogen (secondary N) is 1. The minimum atomic E-state index is 0.678. The monoisotopic (exact) mass is 164 g/mol. The third-order valence-electron chi connectivity index (χ3n) is 2.78. The number of aromatic nitrogens is 1. The molecule has 1 N–H and O–H groups in total. The van der Waals surface area contributed by atoms with Crippen molar-refractivity contribution in [3.63, 3.8) is 0 Å². The van der Waals surface area contributed by atoms with Crippen molar-refractivity contribution in [3.05, 3.63) is 24.5 Å². The molecule has 0 amide bonds. The third kappa shape index (κ3) is 1.47. The molecule has 66 valence electrons. The molecule has 1 aromatic rings. The van der Waals surface area contributed by atoms with Gasteiger partial charge in [0.1, 0.15) is 0 Å². The number of hydrogen-bond acceptors (Lipinski definition) is 1. The number of nitrogens with zero attached hydrogens (tertiary/aromatic N) is 1. The van der Waals surface area contributed by atoms with Crippen LogP contribution in [-0.4, -0.2) is 10.7 Å². The molecule has 0 spiro atoms. The van der Waals surface area contributed by atoms with Gasteiger partial charge in [-0.3, -0.25) is 4.68 Å². The quantitative estimate of drug-likeness (QED) is 0.709. The predicted octanol–water partition coefficient (Wildman–Crippen LogP) is 2.22. The van der Waals surface area contributed by atoms with Crippen LogP contribution in [0.5, 0.6) is 0 Å². The molecular formula is C10H16N2. The van der Waals surface area contributed by atoms with E-state index in [0.29, 0.717) is 6.04 Å². The summed E-state index contributed by atoms with van der Waals surface area (Å²) in [5.41, 5.74) is 3.49. The second kappa shape index (κ2) is 3.21. The molecule has 2 nitrogen and oxygen atoms in total. The Labute approximate surface area is 73.6 Å². The second-order valence-electron chi connectivity index (χ2n) is 3.73. The Morgan fingerprint density at radius 2 is 2.00 bits per heavy atom. The largest absolute Gasteiger partial charge is 0.323 e. The fraction of sp³-hybridized carbons (Fsp3) is 0.600. The van der Waals surface area contributed by atoms with Crippen LogP contribution in [0.15, 0.2) is 24.5 Å². The first kappa shape index (κ1) is 7.71. The van der Waals surface area contributed by atoms with Crippen molar-refractivity contribution >= 4 is 0 Å². The minimum Gasteiger partial charge on any atom is -0.323 e. The molecule has 2 rings (SSSR count). The summed E-state index contributed by atoms with van der Waals surface area (Å²) in [6.45, 7) is 2.33. The fourth-order valence-electron chi connectivity index (χ4n) is 1.95. The van der Waals surface area contributed by atoms with Crippen LogP contribution < -0.4 is 5.43 Å². The van der Waals surface area contributed by atoms with E-state index < -0.39 is 0 Å². The van der Waals surface area contributed by atoms with Crippen LogP contribution in [0.2, 0.25) is 0 Å². The van der Waals surface area contributed by atoms with Crippen LogP contribution in [0.4, 0.5) is 0 Å². The summed E-state index contributed by atoms with van der Waals surface area (Å²) in [6, 6.07) is 4.77. The highest BCUT2D eigenvalue weighted by Gasteiger charge is 2.22. The summed E-state index contributed by atoms with van der Waals surface area (Å²) in [7, 11) is 0. The summed E-state index contributed by atoms with van der Waals surface area (Å²) in [4.78, 5) is 0. The molecule has 12 heavy (non-hydrogen) atoms. The Balaban J connectivity index is 1.95. The van der Waals surface area contributed by atoms with Gasteiger partial charge in [-0.25, -0.2) is 0 Å². The van der Waals surface area contributed by atoms with Gasteiger partial charge < -0.3 is 5.43 Å². The zero-order chi connectivity index (χ0) is 8.39. The van der Waals surface area contributed by atoms with Crippen molar-refractivity contribution in [1.82, 2.24) is 4.68 Å². The first-order valence-corrected chi connectivity index (χ1v) is 4.76. The number of hydrogen-bond donors (Lipinski definition) is 1. The highest BCUT2D eigenvalue weighted by Crippen LogP contribution is 2.25. The molecule has 1 saturated carbocycles. The zero-order valence-corrected chi connectivity index (χ0v) is 7.53. The van der Waals surface area contributed by atoms with E-state index in [1.165, 1.54) is 19.3 Å². The van der Waals surface area contributed by atoms with Gasteiger partial charge in [0.2, 0.25) is 0 Å². The fourth-order valence-corrected chi connectivity index (χ4v) is 1.95. The van der Waals surface area contributed by atoms with Crippen LogP contribution in [0, 0.1) is 5.92 Å². The van der Waals surface area contributed by atoms with Crippen molar-refractivity contribution in [2.24, 2.45) is 5.92 Å². The van der Waals surface area contributed by atoms with E-state index in [1.54, 1.807) is 0 Å². The third-order valence-corrected chi connectivity index (χ3v) is 2.78. The van der Waals surface area contributed by atoms with Crippen LogP contribution in [0.1, 0.15) is 26.2 Å². The van der Waals surface area contributed by atoms with Crippen LogP contribution in [-0.2, 0) is 0 Å². The molecule has 1 fully saturated rings. The van der Waals surface area contributed by atoms with Gasteiger partial charge in [0.05, 0.1) is 0 Å². The maximum absolute atomic E-state index is 3.49. The van der Waals surface area contributed by atoms with Gasteiger partial charge in [-0.1, -0.05) is 13.3 Å². The molecule has 2 unspecified atom stereocenters. The van der Waals surface area contributed by atoms with Gasteiger partial charge in [-0.05, 0) is 30.9 Å². The van der Waals surface area contributed by atoms with Crippen molar-refractivity contribution in [3.8, 4) is 0 Å². The molecule has 0 saturated heterocycles. The van der Waals surface area contributed by atoms with Gasteiger partial charge in [-0.15, -0.1) is 0 Å². The number of rotatable bonds is 2. The molecule has 1 heterocycles. The summed E-state index contributed by atoms with van der Waals surface area (Å²) < 4.78 is 2.06. The standard InChI is InChI=1S/C10H16N2/c1-9-5-4-6-10(9)11-12-7-2-3-8-12/h2-3,7-11H,4-6H2,1H3. The Kier molecular flexibility index (Phi) is 2.07. The van der Waals surface area contributed by atoms with Gasteiger partial charge in [-0.2, -0.15) is 0 Å². The van der Waals surface area contributed by atoms with Gasteiger partial charge >= 0.3 is 0 Å². The predicted molar refractivity (Wildman–Crippen MR) is 50.6 cm³/mol. The van der Waals surface area contributed by atoms with Crippen LogP contribution in [0.25, 0.3) is 0 Å². The first-order chi connectivity index (χ1) is 5.86. The van der Waals surface area contributed by atoms with Gasteiger partial charge in [0.25, 0.3) is 0 Å². The lowest BCUT2D eigenvalue weighted by atomic mass is 10.1. The Bertz CT molecular complexity index is 228. The molecule has 0 aromatic carbocycles. The second-order valence-corrected chi connectivity index (χ2v) is 3.73. The SMILES string of the molecule is CC1CCCC1Nn1cccc1. The molecule has 0 bridgehead atoms. The normalized spacial score (nSPS) is 29.1. The Morgan fingerprint density at radius 3 is 2.58 bits per heavy atom. The molecule has 1 aliphatic rings. The average Bonchev–Trinajstić information content (AvgIpc) is 2.65. The van der Waals surface area contributed by atoms with Gasteiger partial charge in [0.15, 0.2) is 0 Å². The lowest BCUT2D eigenvalue weighted by Crippen LogP contribution is -2.28. The van der Waals surface area contributed by atoms with Gasteiger partial charge in [0, 0.05) is 18.4 Å². The summed E-state index contributed by atoms with van der Waals surface area (Å²) in [5, 5.41) is 0. The maximum atomic E-state index is 3.49. The van der Waals surface area contributed by atoms with E-state index in [4.69, 9.17) is 0 Å². The maximum Gasteiger partial charge on any atom is 0.0449 e. The van der Waals surface area contributed by atoms with Crippen molar-refractivity contribution < 1.29 is 0 Å². The van der Waals surface area contributed by atoms with E-state index in [2.05, 4.69) is 29.4 Å². The molecule has 2 heteroatoms. The molecule has 1 aliphatic carbocycles. The van der Waals surface area contributed by atoms with Crippen molar-refractivity contribution in [2.75, 3.05) is 5.43 Å². The Morgan fingerprint density at radius 1 is 1.25 bits per heavy atom. The van der Waals surface area contributed by atoms with E-state index >= 15 is 0 Å². The average molecular weight is 164 g/mol. The smallest absolute Gasteiger partial charge is 0.0449 e. The minimum absolute atomic E-state index is 0.678. The molecule has 0 aliphatic heterocycles. The lowest BCUT2D eigenvalue weighted by molar-refractivity contribution is 0.517. The van der Waals surface area contributed by atoms with Crippen molar-refractivity contribution in [1.29, 1.82) is 0 Å². The summed E-state index contributed by atoms with van der Waals surface area (Å²) in [5.74, 6) is 0.826. The molecule has 1 aromatic heterocycles. The van der Waals surface area contributed by atoms with E-state index in [1.807, 2.05) is 12.1 Å². The Hall–Kier alpha value is -0.920. The summed E-state index contributed by atoms with van der Waals surface area (Å²) in [6.07, 6.45) is 8.19. The van der Waals surface area contributed by atoms with E-state index in [-0.39, 0.29) is 0 Å². The zero-order valence-electron chi connectivity index (χ0n) is 7.53. The summed E-state index contributed by atoms with van der Waals surface area (Å²) >= 11 is 0. The molecular weight excluding hydrogens is 148 g/mol. The van der Waals surface area contributed by atoms with E-state index in [0.717, 1.165) is 5.92 Å². The molecule has 0 radical (unpaired) electrons. The van der Waals surface area contributed by atoms with Crippen LogP contribution in [0.3, 0.4) is 0 Å². The highest BCUT2D eigenvalue weighted by molar-refractivity contribution is 4.97. The topological polar surface area (TPSA) is 17.0 Å². The van der Waals surface area contributed by atoms with Crippen LogP contribution >= 0.6 is 0 Å². The first-order valence-electron chi connectivity index (χ1n) is 4.76. The molecule has 2 atom stereocenters.